The van der Waals surface area contributed by atoms with Crippen molar-refractivity contribution < 1.29 is 23.1 Å². The Hall–Kier alpha value is -3.92. The van der Waals surface area contributed by atoms with Crippen LogP contribution in [0.1, 0.15) is 68.0 Å². The lowest BCUT2D eigenvalue weighted by atomic mass is 9.93. The van der Waals surface area contributed by atoms with Crippen LogP contribution < -0.4 is 20.7 Å². The molecule has 0 atom stereocenters. The average Bonchev–Trinajstić information content (AvgIpc) is 3.58. The van der Waals surface area contributed by atoms with Crippen molar-refractivity contribution in [3.63, 3.8) is 0 Å². The highest BCUT2D eigenvalue weighted by Crippen LogP contribution is 2.24. The molecule has 0 saturated carbocycles. The molecule has 3 N–H and O–H groups in total. The van der Waals surface area contributed by atoms with Crippen molar-refractivity contribution in [2.45, 2.75) is 58.9 Å². The number of nitrogens with zero attached hydrogens (tertiary/aromatic N) is 3. The maximum atomic E-state index is 12.2. The molecule has 1 aliphatic heterocycles. The molecule has 38 heavy (non-hydrogen) atoms. The molecule has 210 valence electrons. The zero-order valence-corrected chi connectivity index (χ0v) is 23.0. The van der Waals surface area contributed by atoms with E-state index in [2.05, 4.69) is 44.8 Å². The van der Waals surface area contributed by atoms with Crippen LogP contribution in [0, 0.1) is 0 Å². The van der Waals surface area contributed by atoms with Gasteiger partial charge in [-0.25, -0.2) is 9.78 Å². The maximum absolute atomic E-state index is 12.2. The van der Waals surface area contributed by atoms with Gasteiger partial charge in [0, 0.05) is 33.2 Å². The molecule has 1 aliphatic rings. The number of hydrogen-bond donors (Lipinski definition) is 3. The van der Waals surface area contributed by atoms with Gasteiger partial charge in [0.15, 0.2) is 5.82 Å². The van der Waals surface area contributed by atoms with Gasteiger partial charge in [0.25, 0.3) is 5.91 Å². The van der Waals surface area contributed by atoms with Crippen LogP contribution in [0.5, 0.6) is 5.75 Å². The molecule has 3 aromatic rings. The number of rotatable bonds is 6. The summed E-state index contributed by atoms with van der Waals surface area (Å²) in [5, 5.41) is 11.9. The third kappa shape index (κ3) is 8.58. The zero-order valence-electron chi connectivity index (χ0n) is 23.0. The normalized spacial score (nSPS) is 13.4. The lowest BCUT2D eigenvalue weighted by molar-refractivity contribution is 0.102. The number of ether oxygens (including phenoxy) is 1. The topological polar surface area (TPSA) is 122 Å². The summed E-state index contributed by atoms with van der Waals surface area (Å²) in [6, 6.07) is 11.9. The standard InChI is InChI=1S/C21H23N5O4.C7H15N.3H2/c1-21(2,3)17-11-18(26-30-17)25-20(28)24-14-7-5-13(6-8-14)23-19(27)16-10-9-15(29-4)12-22-16;1-7(2)8-5-3-4-6-8;;;/h5-12H,1-4H3,(H,23,27)(H2,24,25,26,28);7H,3-6H2,1-2H3;3*1H. The van der Waals surface area contributed by atoms with Crippen molar-refractivity contribution in [3.05, 3.63) is 60.1 Å². The fourth-order valence-electron chi connectivity index (χ4n) is 3.69. The summed E-state index contributed by atoms with van der Waals surface area (Å²) in [6.45, 7) is 13.2. The number of nitrogens with one attached hydrogen (secondary N) is 3. The van der Waals surface area contributed by atoms with Crippen LogP contribution in [-0.2, 0) is 5.41 Å². The van der Waals surface area contributed by atoms with E-state index in [-0.39, 0.29) is 21.3 Å². The lowest BCUT2D eigenvalue weighted by Gasteiger charge is -2.18. The molecule has 10 nitrogen and oxygen atoms in total. The van der Waals surface area contributed by atoms with Gasteiger partial charge in [-0.3, -0.25) is 10.1 Å². The number of likely N-dealkylation sites (tertiary alicyclic amines) is 1. The molecule has 3 amide bonds. The van der Waals surface area contributed by atoms with Crippen molar-refractivity contribution in [1.29, 1.82) is 0 Å². The summed E-state index contributed by atoms with van der Waals surface area (Å²) in [5.41, 5.74) is 1.17. The van der Waals surface area contributed by atoms with E-state index in [1.165, 1.54) is 39.2 Å². The van der Waals surface area contributed by atoms with Crippen LogP contribution in [0.25, 0.3) is 0 Å². The van der Waals surface area contributed by atoms with Gasteiger partial charge in [0.2, 0.25) is 0 Å². The van der Waals surface area contributed by atoms with Crippen LogP contribution in [0.4, 0.5) is 22.0 Å². The molecular weight excluding hydrogens is 484 g/mol. The van der Waals surface area contributed by atoms with Crippen LogP contribution in [0.3, 0.4) is 0 Å². The molecule has 0 radical (unpaired) electrons. The number of anilines is 3. The summed E-state index contributed by atoms with van der Waals surface area (Å²) in [7, 11) is 1.53. The van der Waals surface area contributed by atoms with Crippen LogP contribution in [0.2, 0.25) is 0 Å². The predicted molar refractivity (Wildman–Crippen MR) is 155 cm³/mol. The molecule has 0 unspecified atom stereocenters. The van der Waals surface area contributed by atoms with Crippen LogP contribution >= 0.6 is 0 Å². The Kier molecular flexibility index (Phi) is 9.84. The van der Waals surface area contributed by atoms with Gasteiger partial charge < -0.3 is 24.8 Å². The van der Waals surface area contributed by atoms with Crippen LogP contribution in [-0.4, -0.2) is 53.2 Å². The highest BCUT2D eigenvalue weighted by molar-refractivity contribution is 6.03. The molecule has 2 aromatic heterocycles. The molecule has 1 aromatic carbocycles. The second-order valence-corrected chi connectivity index (χ2v) is 10.4. The number of hydrogen-bond acceptors (Lipinski definition) is 7. The van der Waals surface area contributed by atoms with E-state index >= 15 is 0 Å². The Morgan fingerprint density at radius 2 is 1.63 bits per heavy atom. The molecule has 1 saturated heterocycles. The predicted octanol–water partition coefficient (Wildman–Crippen LogP) is 6.50. The number of urea groups is 1. The Morgan fingerprint density at radius 3 is 2.11 bits per heavy atom. The first-order valence-corrected chi connectivity index (χ1v) is 12.8. The number of carbonyl (C=O) groups is 2. The number of carbonyl (C=O) groups excluding carboxylic acids is 2. The molecule has 4 rings (SSSR count). The van der Waals surface area contributed by atoms with Gasteiger partial charge in [-0.1, -0.05) is 25.9 Å². The fraction of sp³-hybridized carbons (Fsp3) is 0.429. The summed E-state index contributed by atoms with van der Waals surface area (Å²) >= 11 is 0. The summed E-state index contributed by atoms with van der Waals surface area (Å²) in [5.74, 6) is 1.22. The zero-order chi connectivity index (χ0) is 27.7. The van der Waals surface area contributed by atoms with E-state index < -0.39 is 6.03 Å². The summed E-state index contributed by atoms with van der Waals surface area (Å²) in [4.78, 5) is 31.0. The van der Waals surface area contributed by atoms with E-state index in [9.17, 15) is 9.59 Å². The van der Waals surface area contributed by atoms with Gasteiger partial charge in [-0.15, -0.1) is 0 Å². The first-order chi connectivity index (χ1) is 18.0. The largest absolute Gasteiger partial charge is 0.495 e. The second-order valence-electron chi connectivity index (χ2n) is 10.4. The molecule has 0 spiro atoms. The van der Waals surface area contributed by atoms with E-state index in [1.807, 2.05) is 20.8 Å². The van der Waals surface area contributed by atoms with Crippen molar-refractivity contribution in [1.82, 2.24) is 15.0 Å². The first-order valence-electron chi connectivity index (χ1n) is 12.8. The van der Waals surface area contributed by atoms with Gasteiger partial charge in [0.1, 0.15) is 17.2 Å². The monoisotopic (exact) mass is 528 g/mol. The average molecular weight is 529 g/mol. The lowest BCUT2D eigenvalue weighted by Crippen LogP contribution is -2.26. The second kappa shape index (κ2) is 13.0. The van der Waals surface area contributed by atoms with E-state index in [1.54, 1.807) is 42.5 Å². The Bertz CT molecular complexity index is 1190. The van der Waals surface area contributed by atoms with Crippen molar-refractivity contribution in [3.8, 4) is 5.75 Å². The third-order valence-corrected chi connectivity index (χ3v) is 5.97. The minimum atomic E-state index is -0.456. The SMILES string of the molecule is CC(C)N1CCCC1.COc1ccc(C(=O)Nc2ccc(NC(=O)Nc3cc(C(C)(C)C)on3)cc2)nc1.[HH].[HH].[HH]. The molecule has 0 bridgehead atoms. The molecule has 0 aliphatic carbocycles. The quantitative estimate of drug-likeness (QED) is 0.334. The van der Waals surface area contributed by atoms with Gasteiger partial charge in [-0.05, 0) is 76.2 Å². The van der Waals surface area contributed by atoms with E-state index in [0.29, 0.717) is 28.7 Å². The van der Waals surface area contributed by atoms with Gasteiger partial charge in [0.05, 0.1) is 13.3 Å². The minimum absolute atomic E-state index is 0. The number of benzene rings is 1. The van der Waals surface area contributed by atoms with Crippen LogP contribution in [0.15, 0.2) is 53.2 Å². The molecule has 3 heterocycles. The number of pyridine rings is 1. The number of aromatic nitrogens is 2. The molecule has 1 fully saturated rings. The molecular formula is C28H44N6O4. The highest BCUT2D eigenvalue weighted by atomic mass is 16.5. The van der Waals surface area contributed by atoms with Gasteiger partial charge >= 0.3 is 6.03 Å². The third-order valence-electron chi connectivity index (χ3n) is 5.97. The van der Waals surface area contributed by atoms with Crippen molar-refractivity contribution in [2.75, 3.05) is 36.1 Å². The fourth-order valence-corrected chi connectivity index (χ4v) is 3.69. The molecule has 10 heteroatoms. The Balaban J connectivity index is 0.00000126. The van der Waals surface area contributed by atoms with E-state index in [0.717, 1.165) is 6.04 Å². The van der Waals surface area contributed by atoms with Gasteiger partial charge in [-0.2, -0.15) is 0 Å². The maximum Gasteiger partial charge on any atom is 0.324 e. The number of amides is 3. The van der Waals surface area contributed by atoms with Crippen molar-refractivity contribution in [2.24, 2.45) is 0 Å². The number of methoxy groups -OCH3 is 1. The summed E-state index contributed by atoms with van der Waals surface area (Å²) in [6.07, 6.45) is 4.30. The Labute approximate surface area is 228 Å². The van der Waals surface area contributed by atoms with Crippen molar-refractivity contribution >= 4 is 29.1 Å². The smallest absolute Gasteiger partial charge is 0.324 e. The first kappa shape index (κ1) is 28.6. The van der Waals surface area contributed by atoms with E-state index in [4.69, 9.17) is 9.26 Å². The highest BCUT2D eigenvalue weighted by Gasteiger charge is 2.20. The Morgan fingerprint density at radius 1 is 1.00 bits per heavy atom. The summed E-state index contributed by atoms with van der Waals surface area (Å²) < 4.78 is 10.3. The minimum Gasteiger partial charge on any atom is -0.495 e.